The lowest BCUT2D eigenvalue weighted by atomic mass is 9.81. The van der Waals surface area contributed by atoms with Crippen LogP contribution in [0.15, 0.2) is 12.1 Å². The van der Waals surface area contributed by atoms with Crippen LogP contribution in [0.2, 0.25) is 0 Å². The number of piperidine rings is 1. The molecule has 1 atom stereocenters. The summed E-state index contributed by atoms with van der Waals surface area (Å²) < 4.78 is 0. The van der Waals surface area contributed by atoms with Gasteiger partial charge in [-0.3, -0.25) is 10.1 Å². The van der Waals surface area contributed by atoms with Crippen molar-refractivity contribution >= 4 is 22.9 Å². The minimum atomic E-state index is -0.349. The van der Waals surface area contributed by atoms with Crippen LogP contribution >= 0.6 is 0 Å². The zero-order valence-corrected chi connectivity index (χ0v) is 13.8. The van der Waals surface area contributed by atoms with Gasteiger partial charge in [-0.1, -0.05) is 0 Å². The number of nitrogens with zero attached hydrogens (tertiary/aromatic N) is 2. The summed E-state index contributed by atoms with van der Waals surface area (Å²) in [5, 5.41) is 2.97. The lowest BCUT2D eigenvalue weighted by Gasteiger charge is -2.37. The molecule has 1 saturated heterocycles. The average Bonchev–Trinajstić information content (AvgIpc) is 2.80. The summed E-state index contributed by atoms with van der Waals surface area (Å²) in [6.07, 6.45) is 1.97. The molecule has 5 heteroatoms. The van der Waals surface area contributed by atoms with Crippen molar-refractivity contribution in [2.75, 3.05) is 25.5 Å². The van der Waals surface area contributed by atoms with Gasteiger partial charge in [0.15, 0.2) is 0 Å². The third-order valence-electron chi connectivity index (χ3n) is 4.76. The second-order valence-electron chi connectivity index (χ2n) is 6.90. The molecule has 3 rings (SSSR count). The highest BCUT2D eigenvalue weighted by molar-refractivity contribution is 5.95. The monoisotopic (exact) mass is 300 g/mol. The van der Waals surface area contributed by atoms with Gasteiger partial charge >= 0.3 is 0 Å². The highest BCUT2D eigenvalue weighted by Crippen LogP contribution is 2.30. The number of nitrogens with one attached hydrogen (secondary N) is 2. The Kier molecular flexibility index (Phi) is 3.68. The van der Waals surface area contributed by atoms with E-state index in [0.717, 1.165) is 37.0 Å². The van der Waals surface area contributed by atoms with E-state index in [4.69, 9.17) is 0 Å². The van der Waals surface area contributed by atoms with E-state index >= 15 is 0 Å². The normalized spacial score (nSPS) is 22.9. The fraction of sp³-hybridized carbons (Fsp3) is 0.529. The minimum Gasteiger partial charge on any atom is -0.324 e. The topological polar surface area (TPSA) is 61.0 Å². The van der Waals surface area contributed by atoms with E-state index in [-0.39, 0.29) is 11.3 Å². The van der Waals surface area contributed by atoms with Crippen LogP contribution < -0.4 is 5.32 Å². The molecule has 22 heavy (non-hydrogen) atoms. The Bertz CT molecular complexity index is 682. The fourth-order valence-electron chi connectivity index (χ4n) is 3.27. The van der Waals surface area contributed by atoms with Gasteiger partial charge in [-0.2, -0.15) is 0 Å². The summed E-state index contributed by atoms with van der Waals surface area (Å²) in [5.74, 6) is 0.589. The number of benzene rings is 1. The van der Waals surface area contributed by atoms with Gasteiger partial charge in [-0.25, -0.2) is 4.98 Å². The Morgan fingerprint density at radius 2 is 2.09 bits per heavy atom. The van der Waals surface area contributed by atoms with Crippen molar-refractivity contribution in [3.63, 3.8) is 0 Å². The number of carbonyl (C=O) groups excluding carboxylic acids is 1. The van der Waals surface area contributed by atoms with Gasteiger partial charge in [0.25, 0.3) is 0 Å². The number of carbonyl (C=O) groups is 1. The van der Waals surface area contributed by atoms with E-state index in [9.17, 15) is 4.79 Å². The summed E-state index contributed by atoms with van der Waals surface area (Å²) in [7, 11) is 2.07. The van der Waals surface area contributed by atoms with Crippen molar-refractivity contribution in [3.8, 4) is 0 Å². The molecule has 1 aliphatic heterocycles. The molecule has 0 radical (unpaired) electrons. The zero-order valence-electron chi connectivity index (χ0n) is 13.8. The first-order valence-corrected chi connectivity index (χ1v) is 7.84. The van der Waals surface area contributed by atoms with E-state index < -0.39 is 0 Å². The number of aryl methyl sites for hydroxylation is 2. The molecule has 1 amide bonds. The van der Waals surface area contributed by atoms with Crippen LogP contribution in [0.1, 0.15) is 30.9 Å². The van der Waals surface area contributed by atoms with Gasteiger partial charge in [-0.15, -0.1) is 0 Å². The maximum Gasteiger partial charge on any atom is 0.233 e. The molecule has 2 aromatic rings. The quantitative estimate of drug-likeness (QED) is 0.896. The van der Waals surface area contributed by atoms with E-state index in [0.29, 0.717) is 5.95 Å². The van der Waals surface area contributed by atoms with Gasteiger partial charge < -0.3 is 9.88 Å². The third kappa shape index (κ3) is 2.73. The highest BCUT2D eigenvalue weighted by Gasteiger charge is 2.37. The van der Waals surface area contributed by atoms with Gasteiger partial charge in [0, 0.05) is 6.54 Å². The SMILES string of the molecule is Cc1cc2nc(NC(=O)C3(C)CCCN(C)C3)[nH]c2cc1C. The predicted molar refractivity (Wildman–Crippen MR) is 89.0 cm³/mol. The van der Waals surface area contributed by atoms with Crippen LogP contribution in [0.25, 0.3) is 11.0 Å². The van der Waals surface area contributed by atoms with Crippen molar-refractivity contribution in [1.82, 2.24) is 14.9 Å². The molecule has 0 saturated carbocycles. The van der Waals surface area contributed by atoms with E-state index in [1.54, 1.807) is 0 Å². The number of imidazole rings is 1. The first-order valence-electron chi connectivity index (χ1n) is 7.84. The Balaban J connectivity index is 1.82. The number of rotatable bonds is 2. The maximum atomic E-state index is 12.6. The Hall–Kier alpha value is -1.88. The number of fused-ring (bicyclic) bond motifs is 1. The van der Waals surface area contributed by atoms with Crippen molar-refractivity contribution in [2.45, 2.75) is 33.6 Å². The largest absolute Gasteiger partial charge is 0.324 e. The van der Waals surface area contributed by atoms with Gasteiger partial charge in [-0.05, 0) is 70.5 Å². The number of anilines is 1. The van der Waals surface area contributed by atoms with Crippen molar-refractivity contribution in [3.05, 3.63) is 23.3 Å². The molecule has 1 unspecified atom stereocenters. The van der Waals surface area contributed by atoms with Crippen LogP contribution in [0.4, 0.5) is 5.95 Å². The fourth-order valence-corrected chi connectivity index (χ4v) is 3.27. The van der Waals surface area contributed by atoms with Crippen LogP contribution in [-0.2, 0) is 4.79 Å². The Morgan fingerprint density at radius 1 is 1.36 bits per heavy atom. The molecule has 1 fully saturated rings. The maximum absolute atomic E-state index is 12.6. The second kappa shape index (κ2) is 5.39. The number of hydrogen-bond donors (Lipinski definition) is 2. The molecule has 1 aliphatic rings. The minimum absolute atomic E-state index is 0.0477. The highest BCUT2D eigenvalue weighted by atomic mass is 16.2. The second-order valence-corrected chi connectivity index (χ2v) is 6.90. The first kappa shape index (κ1) is 15.0. The average molecular weight is 300 g/mol. The van der Waals surface area contributed by atoms with Crippen LogP contribution in [0.3, 0.4) is 0 Å². The Labute approximate surface area is 131 Å². The third-order valence-corrected chi connectivity index (χ3v) is 4.76. The lowest BCUT2D eigenvalue weighted by molar-refractivity contribution is -0.127. The summed E-state index contributed by atoms with van der Waals surface area (Å²) in [4.78, 5) is 22.6. The molecule has 2 heterocycles. The van der Waals surface area contributed by atoms with Crippen molar-refractivity contribution in [1.29, 1.82) is 0 Å². The molecule has 1 aromatic carbocycles. The van der Waals surface area contributed by atoms with Gasteiger partial charge in [0.05, 0.1) is 16.4 Å². The van der Waals surface area contributed by atoms with Gasteiger partial charge in [0.2, 0.25) is 11.9 Å². The number of amides is 1. The zero-order chi connectivity index (χ0) is 15.9. The van der Waals surface area contributed by atoms with Crippen LogP contribution in [0, 0.1) is 19.3 Å². The molecule has 0 spiro atoms. The molecular weight excluding hydrogens is 276 g/mol. The predicted octanol–water partition coefficient (Wildman–Crippen LogP) is 2.85. The van der Waals surface area contributed by atoms with Crippen molar-refractivity contribution in [2.24, 2.45) is 5.41 Å². The Morgan fingerprint density at radius 3 is 2.82 bits per heavy atom. The molecular formula is C17H24N4O. The molecule has 2 N–H and O–H groups in total. The van der Waals surface area contributed by atoms with E-state index in [2.05, 4.69) is 47.1 Å². The summed E-state index contributed by atoms with van der Waals surface area (Å²) in [5.41, 5.74) is 3.93. The van der Waals surface area contributed by atoms with E-state index in [1.165, 1.54) is 11.1 Å². The summed E-state index contributed by atoms with van der Waals surface area (Å²) in [6, 6.07) is 4.12. The number of H-pyrrole nitrogens is 1. The summed E-state index contributed by atoms with van der Waals surface area (Å²) >= 11 is 0. The number of aromatic nitrogens is 2. The van der Waals surface area contributed by atoms with Gasteiger partial charge in [0.1, 0.15) is 0 Å². The molecule has 1 aromatic heterocycles. The van der Waals surface area contributed by atoms with Crippen LogP contribution in [-0.4, -0.2) is 40.9 Å². The molecule has 0 aliphatic carbocycles. The van der Waals surface area contributed by atoms with Crippen LogP contribution in [0.5, 0.6) is 0 Å². The number of aromatic amines is 1. The number of hydrogen-bond acceptors (Lipinski definition) is 3. The lowest BCUT2D eigenvalue weighted by Crippen LogP contribution is -2.46. The molecule has 118 valence electrons. The molecule has 0 bridgehead atoms. The number of likely N-dealkylation sites (tertiary alicyclic amines) is 1. The smallest absolute Gasteiger partial charge is 0.233 e. The first-order chi connectivity index (χ1) is 10.4. The van der Waals surface area contributed by atoms with Crippen molar-refractivity contribution < 1.29 is 4.79 Å². The standard InChI is InChI=1S/C17H24N4O/c1-11-8-13-14(9-12(11)2)19-16(18-13)20-15(22)17(3)6-5-7-21(4)10-17/h8-9H,5-7,10H2,1-4H3,(H2,18,19,20,22). The summed E-state index contributed by atoms with van der Waals surface area (Å²) in [6.45, 7) is 8.03. The van der Waals surface area contributed by atoms with E-state index in [1.807, 2.05) is 13.0 Å². The molecule has 5 nitrogen and oxygen atoms in total.